The Morgan fingerprint density at radius 2 is 2.18 bits per heavy atom. The highest BCUT2D eigenvalue weighted by molar-refractivity contribution is 6.33. The van der Waals surface area contributed by atoms with Gasteiger partial charge in [0.25, 0.3) is 5.91 Å². The van der Waals surface area contributed by atoms with Crippen molar-refractivity contribution >= 4 is 23.2 Å². The van der Waals surface area contributed by atoms with E-state index in [4.69, 9.17) is 17.3 Å². The SMILES string of the molecule is CC(O)CC(C)NC(=O)c1cccc(Cl)c1N. The molecule has 0 aliphatic rings. The van der Waals surface area contributed by atoms with E-state index >= 15 is 0 Å². The van der Waals surface area contributed by atoms with Crippen LogP contribution in [0.15, 0.2) is 18.2 Å². The van der Waals surface area contributed by atoms with Crippen LogP contribution >= 0.6 is 11.6 Å². The quantitative estimate of drug-likeness (QED) is 0.719. The number of anilines is 1. The summed E-state index contributed by atoms with van der Waals surface area (Å²) in [5, 5.41) is 12.3. The number of hydrogen-bond acceptors (Lipinski definition) is 3. The number of hydrogen-bond donors (Lipinski definition) is 3. The number of amides is 1. The van der Waals surface area contributed by atoms with Gasteiger partial charge in [0.2, 0.25) is 0 Å². The molecule has 17 heavy (non-hydrogen) atoms. The van der Waals surface area contributed by atoms with Gasteiger partial charge in [0.15, 0.2) is 0 Å². The summed E-state index contributed by atoms with van der Waals surface area (Å²) in [5.41, 5.74) is 6.35. The summed E-state index contributed by atoms with van der Waals surface area (Å²) in [7, 11) is 0. The molecule has 0 saturated carbocycles. The van der Waals surface area contributed by atoms with Gasteiger partial charge in [-0.2, -0.15) is 0 Å². The number of carbonyl (C=O) groups is 1. The van der Waals surface area contributed by atoms with E-state index in [1.807, 2.05) is 6.92 Å². The van der Waals surface area contributed by atoms with Crippen LogP contribution in [-0.2, 0) is 0 Å². The van der Waals surface area contributed by atoms with Crippen molar-refractivity contribution < 1.29 is 9.90 Å². The van der Waals surface area contributed by atoms with Crippen LogP contribution in [0.25, 0.3) is 0 Å². The van der Waals surface area contributed by atoms with Gasteiger partial charge in [0.1, 0.15) is 0 Å². The van der Waals surface area contributed by atoms with Crippen LogP contribution in [0.4, 0.5) is 5.69 Å². The van der Waals surface area contributed by atoms with Crippen molar-refractivity contribution in [3.63, 3.8) is 0 Å². The summed E-state index contributed by atoms with van der Waals surface area (Å²) in [5.74, 6) is -0.279. The maximum atomic E-state index is 11.9. The molecule has 0 saturated heterocycles. The summed E-state index contributed by atoms with van der Waals surface area (Å²) in [6.45, 7) is 3.50. The van der Waals surface area contributed by atoms with Crippen LogP contribution < -0.4 is 11.1 Å². The maximum absolute atomic E-state index is 11.9. The third-order valence-corrected chi connectivity index (χ3v) is 2.70. The fraction of sp³-hybridized carbons (Fsp3) is 0.417. The lowest BCUT2D eigenvalue weighted by Gasteiger charge is -2.16. The smallest absolute Gasteiger partial charge is 0.253 e. The molecule has 1 aromatic carbocycles. The van der Waals surface area contributed by atoms with Crippen molar-refractivity contribution in [1.82, 2.24) is 5.32 Å². The number of nitrogens with one attached hydrogen (secondary N) is 1. The van der Waals surface area contributed by atoms with Gasteiger partial charge >= 0.3 is 0 Å². The fourth-order valence-electron chi connectivity index (χ4n) is 1.61. The van der Waals surface area contributed by atoms with Crippen molar-refractivity contribution in [3.05, 3.63) is 28.8 Å². The van der Waals surface area contributed by atoms with E-state index in [9.17, 15) is 9.90 Å². The third kappa shape index (κ3) is 3.91. The van der Waals surface area contributed by atoms with E-state index in [1.165, 1.54) is 0 Å². The first-order valence-electron chi connectivity index (χ1n) is 5.44. The van der Waals surface area contributed by atoms with Gasteiger partial charge in [0, 0.05) is 6.04 Å². The molecule has 2 atom stereocenters. The molecule has 94 valence electrons. The zero-order valence-corrected chi connectivity index (χ0v) is 10.7. The van der Waals surface area contributed by atoms with Crippen molar-refractivity contribution in [3.8, 4) is 0 Å². The third-order valence-electron chi connectivity index (χ3n) is 2.37. The number of halogens is 1. The molecular formula is C12H17ClN2O2. The minimum Gasteiger partial charge on any atom is -0.397 e. The number of carbonyl (C=O) groups excluding carboxylic acids is 1. The predicted molar refractivity (Wildman–Crippen MR) is 69.1 cm³/mol. The molecule has 0 aromatic heterocycles. The largest absolute Gasteiger partial charge is 0.397 e. The minimum atomic E-state index is -0.456. The van der Waals surface area contributed by atoms with Crippen LogP contribution in [-0.4, -0.2) is 23.2 Å². The van der Waals surface area contributed by atoms with E-state index in [2.05, 4.69) is 5.32 Å². The Bertz CT molecular complexity index is 407. The average molecular weight is 257 g/mol. The van der Waals surface area contributed by atoms with Crippen LogP contribution in [0, 0.1) is 0 Å². The van der Waals surface area contributed by atoms with E-state index < -0.39 is 6.10 Å². The van der Waals surface area contributed by atoms with E-state index in [0.717, 1.165) is 0 Å². The Morgan fingerprint density at radius 3 is 2.76 bits per heavy atom. The highest BCUT2D eigenvalue weighted by Gasteiger charge is 2.14. The average Bonchev–Trinajstić information content (AvgIpc) is 2.20. The molecule has 2 unspecified atom stereocenters. The Labute approximate surface area is 106 Å². The first-order valence-corrected chi connectivity index (χ1v) is 5.82. The van der Waals surface area contributed by atoms with Crippen LogP contribution in [0.2, 0.25) is 5.02 Å². The lowest BCUT2D eigenvalue weighted by atomic mass is 10.1. The molecule has 0 radical (unpaired) electrons. The number of benzene rings is 1. The number of nitrogen functional groups attached to an aromatic ring is 1. The Hall–Kier alpha value is -1.26. The predicted octanol–water partition coefficient (Wildman–Crippen LogP) is 1.81. The summed E-state index contributed by atoms with van der Waals surface area (Å²) in [6, 6.07) is 4.80. The standard InChI is InChI=1S/C12H17ClN2O2/c1-7(6-8(2)16)15-12(17)9-4-3-5-10(13)11(9)14/h3-5,7-8,16H,6,14H2,1-2H3,(H,15,17). The molecule has 0 bridgehead atoms. The second-order valence-electron chi connectivity index (χ2n) is 4.16. The molecule has 4 nitrogen and oxygen atoms in total. The number of aliphatic hydroxyl groups is 1. The molecule has 1 aromatic rings. The number of nitrogens with two attached hydrogens (primary N) is 1. The second kappa shape index (κ2) is 5.89. The van der Waals surface area contributed by atoms with Crippen molar-refractivity contribution in [2.45, 2.75) is 32.4 Å². The monoisotopic (exact) mass is 256 g/mol. The molecule has 0 aliphatic heterocycles. The van der Waals surface area contributed by atoms with Crippen molar-refractivity contribution in [2.24, 2.45) is 0 Å². The normalized spacial score (nSPS) is 14.1. The molecule has 5 heteroatoms. The molecule has 1 amide bonds. The highest BCUT2D eigenvalue weighted by Crippen LogP contribution is 2.22. The molecule has 0 spiro atoms. The first kappa shape index (κ1) is 13.8. The molecule has 0 aliphatic carbocycles. The zero-order valence-electron chi connectivity index (χ0n) is 9.90. The number of para-hydroxylation sites is 1. The van der Waals surface area contributed by atoms with Crippen molar-refractivity contribution in [1.29, 1.82) is 0 Å². The topological polar surface area (TPSA) is 75.3 Å². The van der Waals surface area contributed by atoms with Crippen LogP contribution in [0.1, 0.15) is 30.6 Å². The van der Waals surface area contributed by atoms with E-state index in [-0.39, 0.29) is 17.6 Å². The van der Waals surface area contributed by atoms with Gasteiger partial charge < -0.3 is 16.2 Å². The number of aliphatic hydroxyl groups excluding tert-OH is 1. The summed E-state index contributed by atoms with van der Waals surface area (Å²) in [6.07, 6.45) is 0.0358. The molecule has 1 rings (SSSR count). The van der Waals surface area contributed by atoms with E-state index in [0.29, 0.717) is 17.0 Å². The fourth-order valence-corrected chi connectivity index (χ4v) is 1.78. The second-order valence-corrected chi connectivity index (χ2v) is 4.57. The summed E-state index contributed by atoms with van der Waals surface area (Å²) in [4.78, 5) is 11.9. The Morgan fingerprint density at radius 1 is 1.53 bits per heavy atom. The van der Waals surface area contributed by atoms with Gasteiger partial charge in [-0.3, -0.25) is 4.79 Å². The van der Waals surface area contributed by atoms with Crippen molar-refractivity contribution in [2.75, 3.05) is 5.73 Å². The molecular weight excluding hydrogens is 240 g/mol. The summed E-state index contributed by atoms with van der Waals surface area (Å²) >= 11 is 5.83. The Kier molecular flexibility index (Phi) is 4.78. The lowest BCUT2D eigenvalue weighted by Crippen LogP contribution is -2.35. The number of rotatable bonds is 4. The maximum Gasteiger partial charge on any atom is 0.253 e. The zero-order chi connectivity index (χ0) is 13.0. The molecule has 0 fully saturated rings. The van der Waals surface area contributed by atoms with Gasteiger partial charge in [-0.05, 0) is 32.4 Å². The highest BCUT2D eigenvalue weighted by atomic mass is 35.5. The van der Waals surface area contributed by atoms with Gasteiger partial charge in [0.05, 0.1) is 22.4 Å². The first-order chi connectivity index (χ1) is 7.91. The molecule has 4 N–H and O–H groups in total. The Balaban J connectivity index is 2.73. The van der Waals surface area contributed by atoms with E-state index in [1.54, 1.807) is 25.1 Å². The molecule has 0 heterocycles. The summed E-state index contributed by atoms with van der Waals surface area (Å²) < 4.78 is 0. The lowest BCUT2D eigenvalue weighted by molar-refractivity contribution is 0.0924. The minimum absolute atomic E-state index is 0.124. The van der Waals surface area contributed by atoms with Crippen LogP contribution in [0.5, 0.6) is 0 Å². The van der Waals surface area contributed by atoms with Gasteiger partial charge in [-0.25, -0.2) is 0 Å². The van der Waals surface area contributed by atoms with Gasteiger partial charge in [-0.1, -0.05) is 17.7 Å². The van der Waals surface area contributed by atoms with Crippen LogP contribution in [0.3, 0.4) is 0 Å². The van der Waals surface area contributed by atoms with Gasteiger partial charge in [-0.15, -0.1) is 0 Å².